The lowest BCUT2D eigenvalue weighted by Gasteiger charge is -2.44. The first kappa shape index (κ1) is 37.7. The smallest absolute Gasteiger partial charge is 0.314 e. The summed E-state index contributed by atoms with van der Waals surface area (Å²) in [6, 6.07) is 14.3. The van der Waals surface area contributed by atoms with Gasteiger partial charge in [0.05, 0.1) is 5.92 Å². The van der Waals surface area contributed by atoms with E-state index in [1.54, 1.807) is 37.3 Å². The molecule has 1 heterocycles. The van der Waals surface area contributed by atoms with E-state index in [9.17, 15) is 28.8 Å². The molecule has 0 radical (unpaired) electrons. The number of nitrogens with one attached hydrogen (secondary N) is 1. The third-order valence-corrected chi connectivity index (χ3v) is 7.34. The van der Waals surface area contributed by atoms with Gasteiger partial charge in [0, 0.05) is 33.3 Å². The normalized spacial score (nSPS) is 21.6. The van der Waals surface area contributed by atoms with Gasteiger partial charge in [0.25, 0.3) is 5.91 Å². The van der Waals surface area contributed by atoms with Crippen molar-refractivity contribution < 1.29 is 57.2 Å². The topological polar surface area (TPSA) is 170 Å². The fraction of sp³-hybridized carbons (Fsp3) is 0.486. The molecular formula is C35H43NO12. The second-order valence-electron chi connectivity index (χ2n) is 11.9. The van der Waals surface area contributed by atoms with E-state index in [0.717, 1.165) is 39.7 Å². The minimum atomic E-state index is -1.61. The molecule has 1 fully saturated rings. The lowest BCUT2D eigenvalue weighted by Crippen LogP contribution is -2.67. The SMILES string of the molecule is CC(=O)OC[C@H]1O[C@H](OC(C)=O)[C@@H](NC(=O)C(OC(=O)C(C)c2ccc(CC(C)C)cc2)c2ccccc2)[C@@H](OC(C)=O)[C@@H]1OC(C)=O. The Morgan fingerprint density at radius 3 is 1.85 bits per heavy atom. The average Bonchev–Trinajstić information content (AvgIpc) is 3.01. The first-order valence-electron chi connectivity index (χ1n) is 15.6. The zero-order chi connectivity index (χ0) is 35.5. The monoisotopic (exact) mass is 669 g/mol. The van der Waals surface area contributed by atoms with Crippen molar-refractivity contribution in [3.63, 3.8) is 0 Å². The summed E-state index contributed by atoms with van der Waals surface area (Å²) in [5.74, 6) is -4.98. The van der Waals surface area contributed by atoms with Crippen LogP contribution in [0.1, 0.15) is 77.2 Å². The third-order valence-electron chi connectivity index (χ3n) is 7.34. The van der Waals surface area contributed by atoms with Crippen LogP contribution in [0.15, 0.2) is 54.6 Å². The Morgan fingerprint density at radius 1 is 0.729 bits per heavy atom. The molecule has 260 valence electrons. The highest BCUT2D eigenvalue weighted by Crippen LogP contribution is 2.30. The van der Waals surface area contributed by atoms with Gasteiger partial charge in [-0.25, -0.2) is 0 Å². The zero-order valence-corrected chi connectivity index (χ0v) is 28.1. The average molecular weight is 670 g/mol. The third kappa shape index (κ3) is 10.9. The summed E-state index contributed by atoms with van der Waals surface area (Å²) < 4.78 is 33.0. The highest BCUT2D eigenvalue weighted by Gasteiger charge is 2.53. The Hall–Kier alpha value is -4.78. The number of esters is 5. The van der Waals surface area contributed by atoms with Gasteiger partial charge in [-0.1, -0.05) is 68.4 Å². The number of carbonyl (C=O) groups excluding carboxylic acids is 6. The molecule has 1 aliphatic heterocycles. The first-order valence-corrected chi connectivity index (χ1v) is 15.6. The summed E-state index contributed by atoms with van der Waals surface area (Å²) in [7, 11) is 0. The molecule has 13 nitrogen and oxygen atoms in total. The van der Waals surface area contributed by atoms with Crippen molar-refractivity contribution in [1.29, 1.82) is 0 Å². The molecule has 1 N–H and O–H groups in total. The molecule has 7 atom stereocenters. The van der Waals surface area contributed by atoms with Crippen molar-refractivity contribution in [1.82, 2.24) is 5.32 Å². The maximum atomic E-state index is 14.0. The number of hydrogen-bond donors (Lipinski definition) is 1. The molecule has 0 saturated carbocycles. The van der Waals surface area contributed by atoms with Crippen molar-refractivity contribution in [2.45, 2.75) is 97.6 Å². The van der Waals surface area contributed by atoms with E-state index in [1.165, 1.54) is 0 Å². The van der Waals surface area contributed by atoms with Gasteiger partial charge in [0.1, 0.15) is 18.8 Å². The molecule has 48 heavy (non-hydrogen) atoms. The van der Waals surface area contributed by atoms with E-state index in [0.29, 0.717) is 17.0 Å². The summed E-state index contributed by atoms with van der Waals surface area (Å²) in [6.07, 6.45) is -6.42. The van der Waals surface area contributed by atoms with Gasteiger partial charge < -0.3 is 33.7 Å². The van der Waals surface area contributed by atoms with E-state index < -0.39 is 85.0 Å². The van der Waals surface area contributed by atoms with E-state index in [4.69, 9.17) is 28.4 Å². The summed E-state index contributed by atoms with van der Waals surface area (Å²) in [4.78, 5) is 75.6. The highest BCUT2D eigenvalue weighted by molar-refractivity contribution is 5.87. The van der Waals surface area contributed by atoms with Crippen LogP contribution in [-0.4, -0.2) is 73.0 Å². The van der Waals surface area contributed by atoms with Crippen LogP contribution in [0.25, 0.3) is 0 Å². The summed E-state index contributed by atoms with van der Waals surface area (Å²) >= 11 is 0. The molecule has 13 heteroatoms. The zero-order valence-electron chi connectivity index (χ0n) is 28.1. The molecule has 1 aliphatic rings. The van der Waals surface area contributed by atoms with Crippen LogP contribution in [0, 0.1) is 5.92 Å². The van der Waals surface area contributed by atoms with Crippen LogP contribution in [0.2, 0.25) is 0 Å². The molecular weight excluding hydrogens is 626 g/mol. The Balaban J connectivity index is 1.97. The second kappa shape index (κ2) is 17.4. The van der Waals surface area contributed by atoms with Crippen LogP contribution in [0.3, 0.4) is 0 Å². The number of benzene rings is 2. The minimum absolute atomic E-state index is 0.317. The molecule has 2 unspecified atom stereocenters. The van der Waals surface area contributed by atoms with Crippen LogP contribution >= 0.6 is 0 Å². The van der Waals surface area contributed by atoms with Crippen LogP contribution in [-0.2, 0) is 63.6 Å². The van der Waals surface area contributed by atoms with E-state index >= 15 is 0 Å². The fourth-order valence-electron chi connectivity index (χ4n) is 5.23. The Bertz CT molecular complexity index is 1440. The maximum Gasteiger partial charge on any atom is 0.314 e. The maximum absolute atomic E-state index is 14.0. The molecule has 1 saturated heterocycles. The van der Waals surface area contributed by atoms with Crippen LogP contribution in [0.5, 0.6) is 0 Å². The Labute approximate surface area is 279 Å². The molecule has 2 aromatic carbocycles. The van der Waals surface area contributed by atoms with Gasteiger partial charge in [-0.05, 0) is 30.4 Å². The van der Waals surface area contributed by atoms with Gasteiger partial charge >= 0.3 is 29.8 Å². The van der Waals surface area contributed by atoms with Crippen LogP contribution < -0.4 is 5.32 Å². The largest absolute Gasteiger partial charge is 0.463 e. The van der Waals surface area contributed by atoms with Crippen molar-refractivity contribution >= 4 is 35.8 Å². The Morgan fingerprint density at radius 2 is 1.31 bits per heavy atom. The first-order chi connectivity index (χ1) is 22.7. The summed E-state index contributed by atoms with van der Waals surface area (Å²) in [5, 5.41) is 2.63. The van der Waals surface area contributed by atoms with Crippen molar-refractivity contribution in [2.75, 3.05) is 6.61 Å². The van der Waals surface area contributed by atoms with Gasteiger partial charge in [0.2, 0.25) is 12.4 Å². The quantitative estimate of drug-likeness (QED) is 0.244. The second-order valence-corrected chi connectivity index (χ2v) is 11.9. The lowest BCUT2D eigenvalue weighted by atomic mass is 9.95. The standard InChI is InChI=1S/C35H43NO12/c1-19(2)17-25-13-15-26(16-14-25)20(3)34(42)48-30(27-11-9-8-10-12-27)33(41)36-29-32(45-23(6)39)31(44-22(5)38)28(18-43-21(4)37)47-35(29)46-24(7)40/h8-16,19-20,28-32,35H,17-18H2,1-7H3,(H,36,41)/t20?,28-,29+,30?,31-,32-,35+/m1/s1. The highest BCUT2D eigenvalue weighted by atomic mass is 16.7. The molecule has 0 aromatic heterocycles. The Kier molecular flexibility index (Phi) is 13.7. The van der Waals surface area contributed by atoms with Crippen molar-refractivity contribution in [2.24, 2.45) is 5.92 Å². The van der Waals surface area contributed by atoms with Gasteiger partial charge in [0.15, 0.2) is 12.2 Å². The van der Waals surface area contributed by atoms with E-state index in [2.05, 4.69) is 19.2 Å². The number of ether oxygens (including phenoxy) is 6. The van der Waals surface area contributed by atoms with Gasteiger partial charge in [-0.2, -0.15) is 0 Å². The van der Waals surface area contributed by atoms with Crippen LogP contribution in [0.4, 0.5) is 0 Å². The molecule has 0 bridgehead atoms. The number of amides is 1. The summed E-state index contributed by atoms with van der Waals surface area (Å²) in [6.45, 7) is 9.85. The predicted octanol–water partition coefficient (Wildman–Crippen LogP) is 3.47. The minimum Gasteiger partial charge on any atom is -0.463 e. The lowest BCUT2D eigenvalue weighted by molar-refractivity contribution is -0.271. The van der Waals surface area contributed by atoms with Crippen molar-refractivity contribution in [3.05, 3.63) is 71.3 Å². The predicted molar refractivity (Wildman–Crippen MR) is 169 cm³/mol. The number of hydrogen-bond acceptors (Lipinski definition) is 12. The molecule has 2 aromatic rings. The summed E-state index contributed by atoms with van der Waals surface area (Å²) in [5.41, 5.74) is 2.13. The fourth-order valence-corrected chi connectivity index (χ4v) is 5.23. The van der Waals surface area contributed by atoms with Gasteiger partial charge in [-0.15, -0.1) is 0 Å². The molecule has 3 rings (SSSR count). The van der Waals surface area contributed by atoms with Crippen molar-refractivity contribution in [3.8, 4) is 0 Å². The molecule has 1 amide bonds. The van der Waals surface area contributed by atoms with E-state index in [1.807, 2.05) is 24.3 Å². The van der Waals surface area contributed by atoms with E-state index in [-0.39, 0.29) is 0 Å². The molecule has 0 aliphatic carbocycles. The number of rotatable bonds is 13. The molecule has 0 spiro atoms. The van der Waals surface area contributed by atoms with Gasteiger partial charge in [-0.3, -0.25) is 28.8 Å². The number of carbonyl (C=O) groups is 6.